The maximum absolute atomic E-state index is 12.0. The van der Waals surface area contributed by atoms with Crippen LogP contribution < -0.4 is 14.2 Å². The molecule has 0 atom stereocenters. The van der Waals surface area contributed by atoms with Crippen LogP contribution in [0.15, 0.2) is 48.5 Å². The lowest BCUT2D eigenvalue weighted by atomic mass is 10.3. The van der Waals surface area contributed by atoms with E-state index in [1.165, 1.54) is 0 Å². The molecule has 0 spiro atoms. The quantitative estimate of drug-likeness (QED) is 0.686. The average Bonchev–Trinajstić information content (AvgIpc) is 2.52. The van der Waals surface area contributed by atoms with Gasteiger partial charge in [0.15, 0.2) is 0 Å². The summed E-state index contributed by atoms with van der Waals surface area (Å²) in [5, 5.41) is 0.675. The molecule has 0 unspecified atom stereocenters. The van der Waals surface area contributed by atoms with Gasteiger partial charge in [-0.15, -0.1) is 0 Å². The van der Waals surface area contributed by atoms with Crippen molar-refractivity contribution in [2.24, 2.45) is 0 Å². The van der Waals surface area contributed by atoms with E-state index in [4.69, 9.17) is 25.8 Å². The van der Waals surface area contributed by atoms with Gasteiger partial charge in [0.2, 0.25) is 0 Å². The second-order valence-electron chi connectivity index (χ2n) is 4.16. The predicted octanol–water partition coefficient (Wildman–Crippen LogP) is 4.15. The number of ether oxygens (including phenoxy) is 3. The van der Waals surface area contributed by atoms with Gasteiger partial charge < -0.3 is 14.2 Å². The summed E-state index contributed by atoms with van der Waals surface area (Å²) in [6.45, 7) is 0.421. The van der Waals surface area contributed by atoms with Gasteiger partial charge in [0, 0.05) is 5.02 Å². The zero-order valence-corrected chi connectivity index (χ0v) is 12.2. The third-order valence-corrected chi connectivity index (χ3v) is 2.86. The van der Waals surface area contributed by atoms with Gasteiger partial charge in [0.05, 0.1) is 0 Å². The fraction of sp³-hybridized carbons (Fsp3) is 0.250. The minimum Gasteiger partial charge on any atom is -0.491 e. The van der Waals surface area contributed by atoms with Gasteiger partial charge in [0.25, 0.3) is 0 Å². The lowest BCUT2D eigenvalue weighted by Crippen LogP contribution is -2.08. The maximum Gasteiger partial charge on any atom is 0.123 e. The molecule has 0 aliphatic carbocycles. The highest BCUT2D eigenvalue weighted by Gasteiger charge is 1.98. The van der Waals surface area contributed by atoms with E-state index < -0.39 is 6.67 Å². The topological polar surface area (TPSA) is 27.7 Å². The van der Waals surface area contributed by atoms with E-state index in [0.29, 0.717) is 29.7 Å². The summed E-state index contributed by atoms with van der Waals surface area (Å²) in [4.78, 5) is 0. The van der Waals surface area contributed by atoms with E-state index in [9.17, 15) is 4.39 Å². The molecule has 0 aromatic heterocycles. The standard InChI is InChI=1S/C16H16ClFO3/c17-13-1-3-14(4-2-13)20-11-12-21-16-7-5-15(6-8-16)19-10-9-18/h1-8H,9-12H2. The van der Waals surface area contributed by atoms with Gasteiger partial charge in [-0.2, -0.15) is 0 Å². The molecule has 112 valence electrons. The first-order valence-electron chi connectivity index (χ1n) is 6.58. The summed E-state index contributed by atoms with van der Waals surface area (Å²) in [5.41, 5.74) is 0. The Kier molecular flexibility index (Phi) is 6.16. The largest absolute Gasteiger partial charge is 0.491 e. The Labute approximate surface area is 128 Å². The van der Waals surface area contributed by atoms with Crippen LogP contribution in [0.4, 0.5) is 4.39 Å². The molecule has 0 fully saturated rings. The van der Waals surface area contributed by atoms with E-state index in [1.54, 1.807) is 48.5 Å². The lowest BCUT2D eigenvalue weighted by molar-refractivity contribution is 0.217. The molecule has 0 radical (unpaired) electrons. The molecule has 0 amide bonds. The third kappa shape index (κ3) is 5.52. The van der Waals surface area contributed by atoms with Crippen LogP contribution in [0.1, 0.15) is 0 Å². The van der Waals surface area contributed by atoms with Gasteiger partial charge >= 0.3 is 0 Å². The zero-order valence-electron chi connectivity index (χ0n) is 11.4. The van der Waals surface area contributed by atoms with Crippen LogP contribution in [0.3, 0.4) is 0 Å². The Balaban J connectivity index is 1.69. The second-order valence-corrected chi connectivity index (χ2v) is 4.60. The minimum atomic E-state index is -0.500. The van der Waals surface area contributed by atoms with Crippen molar-refractivity contribution in [3.63, 3.8) is 0 Å². The highest BCUT2D eigenvalue weighted by atomic mass is 35.5. The van der Waals surface area contributed by atoms with Crippen molar-refractivity contribution in [1.29, 1.82) is 0 Å². The molecule has 21 heavy (non-hydrogen) atoms. The summed E-state index contributed by atoms with van der Waals surface area (Å²) in [5.74, 6) is 2.08. The maximum atomic E-state index is 12.0. The first-order chi connectivity index (χ1) is 10.3. The summed E-state index contributed by atoms with van der Waals surface area (Å²) in [7, 11) is 0. The van der Waals surface area contributed by atoms with E-state index in [2.05, 4.69) is 0 Å². The predicted molar refractivity (Wildman–Crippen MR) is 80.4 cm³/mol. The summed E-state index contributed by atoms with van der Waals surface area (Å²) in [6, 6.07) is 14.2. The van der Waals surface area contributed by atoms with Crippen molar-refractivity contribution in [3.05, 3.63) is 53.6 Å². The molecular formula is C16H16ClFO3. The normalized spacial score (nSPS) is 10.2. The molecule has 2 rings (SSSR count). The third-order valence-electron chi connectivity index (χ3n) is 2.60. The Morgan fingerprint density at radius 3 is 1.48 bits per heavy atom. The van der Waals surface area contributed by atoms with E-state index in [0.717, 1.165) is 5.75 Å². The first-order valence-corrected chi connectivity index (χ1v) is 6.96. The fourth-order valence-electron chi connectivity index (χ4n) is 1.64. The van der Waals surface area contributed by atoms with Crippen LogP contribution in [0.5, 0.6) is 17.2 Å². The Morgan fingerprint density at radius 1 is 0.667 bits per heavy atom. The van der Waals surface area contributed by atoms with E-state index in [-0.39, 0.29) is 6.61 Å². The Bertz CT molecular complexity index is 528. The molecule has 0 bridgehead atoms. The van der Waals surface area contributed by atoms with Crippen LogP contribution in [0.2, 0.25) is 5.02 Å². The SMILES string of the molecule is FCCOc1ccc(OCCOc2ccc(Cl)cc2)cc1. The van der Waals surface area contributed by atoms with Crippen molar-refractivity contribution < 1.29 is 18.6 Å². The number of rotatable bonds is 8. The summed E-state index contributed by atoms with van der Waals surface area (Å²) in [6.07, 6.45) is 0. The van der Waals surface area contributed by atoms with Crippen LogP contribution in [0, 0.1) is 0 Å². The van der Waals surface area contributed by atoms with Gasteiger partial charge in [-0.05, 0) is 48.5 Å². The van der Waals surface area contributed by atoms with Crippen molar-refractivity contribution in [2.75, 3.05) is 26.5 Å². The number of alkyl halides is 1. The molecule has 0 saturated heterocycles. The average molecular weight is 311 g/mol. The molecule has 2 aromatic carbocycles. The number of hydrogen-bond acceptors (Lipinski definition) is 3. The van der Waals surface area contributed by atoms with Crippen LogP contribution >= 0.6 is 11.6 Å². The van der Waals surface area contributed by atoms with Crippen molar-refractivity contribution in [3.8, 4) is 17.2 Å². The van der Waals surface area contributed by atoms with Gasteiger partial charge in [-0.25, -0.2) is 4.39 Å². The Morgan fingerprint density at radius 2 is 1.05 bits per heavy atom. The van der Waals surface area contributed by atoms with Crippen molar-refractivity contribution >= 4 is 11.6 Å². The monoisotopic (exact) mass is 310 g/mol. The van der Waals surface area contributed by atoms with E-state index >= 15 is 0 Å². The van der Waals surface area contributed by atoms with Crippen LogP contribution in [-0.4, -0.2) is 26.5 Å². The molecule has 5 heteroatoms. The fourth-order valence-corrected chi connectivity index (χ4v) is 1.76. The van der Waals surface area contributed by atoms with E-state index in [1.807, 2.05) is 0 Å². The minimum absolute atomic E-state index is 0.0646. The van der Waals surface area contributed by atoms with Crippen LogP contribution in [-0.2, 0) is 0 Å². The molecule has 0 heterocycles. The van der Waals surface area contributed by atoms with Gasteiger partial charge in [-0.1, -0.05) is 11.6 Å². The van der Waals surface area contributed by atoms with Gasteiger partial charge in [-0.3, -0.25) is 0 Å². The molecule has 0 saturated carbocycles. The number of benzene rings is 2. The molecule has 3 nitrogen and oxygen atoms in total. The molecule has 0 aliphatic heterocycles. The van der Waals surface area contributed by atoms with Crippen molar-refractivity contribution in [1.82, 2.24) is 0 Å². The molecule has 0 N–H and O–H groups in total. The molecule has 0 aliphatic rings. The molecule has 2 aromatic rings. The number of hydrogen-bond donors (Lipinski definition) is 0. The summed E-state index contributed by atoms with van der Waals surface area (Å²) >= 11 is 5.79. The highest BCUT2D eigenvalue weighted by Crippen LogP contribution is 2.18. The number of halogens is 2. The lowest BCUT2D eigenvalue weighted by Gasteiger charge is -2.09. The van der Waals surface area contributed by atoms with Crippen molar-refractivity contribution in [2.45, 2.75) is 0 Å². The highest BCUT2D eigenvalue weighted by molar-refractivity contribution is 6.30. The summed E-state index contributed by atoms with van der Waals surface area (Å²) < 4.78 is 28.1. The van der Waals surface area contributed by atoms with Crippen LogP contribution in [0.25, 0.3) is 0 Å². The smallest absolute Gasteiger partial charge is 0.123 e. The molecular weight excluding hydrogens is 295 g/mol. The zero-order chi connectivity index (χ0) is 14.9. The van der Waals surface area contributed by atoms with Gasteiger partial charge in [0.1, 0.15) is 43.7 Å². The second kappa shape index (κ2) is 8.37. The Hall–Kier alpha value is -1.94. The first kappa shape index (κ1) is 15.4.